The highest BCUT2D eigenvalue weighted by atomic mass is 14.9. The lowest BCUT2D eigenvalue weighted by atomic mass is 10.2. The summed E-state index contributed by atoms with van der Waals surface area (Å²) in [6, 6.07) is 0. The molecule has 0 aliphatic heterocycles. The van der Waals surface area contributed by atoms with Gasteiger partial charge < -0.3 is 5.32 Å². The summed E-state index contributed by atoms with van der Waals surface area (Å²) in [6.45, 7) is 9.74. The second kappa shape index (κ2) is 5.71. The van der Waals surface area contributed by atoms with Crippen LogP contribution in [0.1, 0.15) is 27.2 Å². The maximum Gasteiger partial charge on any atom is 0.0920 e. The van der Waals surface area contributed by atoms with Gasteiger partial charge in [-0.15, -0.1) is 0 Å². The monoisotopic (exact) mass is 152 g/mol. The molecule has 0 aliphatic rings. The van der Waals surface area contributed by atoms with E-state index in [9.17, 15) is 0 Å². The molecule has 0 aromatic carbocycles. The minimum atomic E-state index is 1.07. The number of nitrogens with zero attached hydrogens (tertiary/aromatic N) is 1. The zero-order chi connectivity index (χ0) is 8.69. The maximum absolute atomic E-state index is 3.82. The molecule has 2 heteroatoms. The van der Waals surface area contributed by atoms with Crippen molar-refractivity contribution in [2.45, 2.75) is 27.2 Å². The van der Waals surface area contributed by atoms with E-state index in [0.29, 0.717) is 0 Å². The molecule has 0 fully saturated rings. The van der Waals surface area contributed by atoms with E-state index in [2.05, 4.69) is 30.7 Å². The lowest BCUT2D eigenvalue weighted by Crippen LogP contribution is -2.09. The Kier molecular flexibility index (Phi) is 5.17. The number of hydrogen-bond acceptors (Lipinski definition) is 1. The molecule has 0 saturated carbocycles. The first-order valence-corrected chi connectivity index (χ1v) is 3.77. The van der Waals surface area contributed by atoms with Crippen LogP contribution in [0.5, 0.6) is 0 Å². The van der Waals surface area contributed by atoms with Gasteiger partial charge in [-0.1, -0.05) is 19.1 Å². The SMILES string of the molecule is C=CN=CNC(C)=C(C)CC. The molecule has 62 valence electrons. The minimum absolute atomic E-state index is 1.07. The predicted octanol–water partition coefficient (Wildman–Crippen LogP) is 2.45. The molecule has 0 spiro atoms. The largest absolute Gasteiger partial charge is 0.350 e. The van der Waals surface area contributed by atoms with Gasteiger partial charge in [-0.2, -0.15) is 0 Å². The van der Waals surface area contributed by atoms with Crippen molar-refractivity contribution < 1.29 is 0 Å². The first-order chi connectivity index (χ1) is 5.22. The van der Waals surface area contributed by atoms with Crippen molar-refractivity contribution in [2.24, 2.45) is 4.99 Å². The quantitative estimate of drug-likeness (QED) is 0.485. The van der Waals surface area contributed by atoms with E-state index in [1.54, 1.807) is 6.34 Å². The molecule has 0 heterocycles. The Bertz CT molecular complexity index is 178. The van der Waals surface area contributed by atoms with E-state index in [-0.39, 0.29) is 0 Å². The van der Waals surface area contributed by atoms with E-state index in [1.165, 1.54) is 11.8 Å². The van der Waals surface area contributed by atoms with Crippen molar-refractivity contribution in [2.75, 3.05) is 0 Å². The zero-order valence-electron chi connectivity index (χ0n) is 7.52. The summed E-state index contributed by atoms with van der Waals surface area (Å²) in [5.74, 6) is 0. The molecule has 0 atom stereocenters. The van der Waals surface area contributed by atoms with Crippen LogP contribution in [0.4, 0.5) is 0 Å². The van der Waals surface area contributed by atoms with Gasteiger partial charge in [0.2, 0.25) is 0 Å². The van der Waals surface area contributed by atoms with E-state index in [0.717, 1.165) is 12.1 Å². The molecule has 0 rings (SSSR count). The average molecular weight is 152 g/mol. The van der Waals surface area contributed by atoms with Crippen LogP contribution >= 0.6 is 0 Å². The summed E-state index contributed by atoms with van der Waals surface area (Å²) in [6.07, 6.45) is 4.21. The Hall–Kier alpha value is -1.05. The maximum atomic E-state index is 3.82. The van der Waals surface area contributed by atoms with Gasteiger partial charge in [0.15, 0.2) is 0 Å². The molecule has 0 aromatic heterocycles. The third-order valence-corrected chi connectivity index (χ3v) is 1.63. The first kappa shape index (κ1) is 9.95. The van der Waals surface area contributed by atoms with Gasteiger partial charge >= 0.3 is 0 Å². The van der Waals surface area contributed by atoms with Crippen LogP contribution in [0.15, 0.2) is 29.0 Å². The normalized spacial score (nSPS) is 13.0. The molecular formula is C9H16N2. The smallest absolute Gasteiger partial charge is 0.0920 e. The van der Waals surface area contributed by atoms with E-state index in [4.69, 9.17) is 0 Å². The summed E-state index contributed by atoms with van der Waals surface area (Å²) in [7, 11) is 0. The molecule has 2 nitrogen and oxygen atoms in total. The van der Waals surface area contributed by atoms with Crippen molar-refractivity contribution in [3.05, 3.63) is 24.0 Å². The highest BCUT2D eigenvalue weighted by molar-refractivity contribution is 5.58. The van der Waals surface area contributed by atoms with Crippen molar-refractivity contribution in [1.82, 2.24) is 5.32 Å². The fourth-order valence-corrected chi connectivity index (χ4v) is 0.575. The number of nitrogens with one attached hydrogen (secondary N) is 1. The summed E-state index contributed by atoms with van der Waals surface area (Å²) in [5, 5.41) is 3.05. The molecule has 11 heavy (non-hydrogen) atoms. The number of hydrogen-bond donors (Lipinski definition) is 1. The van der Waals surface area contributed by atoms with E-state index < -0.39 is 0 Å². The van der Waals surface area contributed by atoms with Crippen LogP contribution in [-0.2, 0) is 0 Å². The van der Waals surface area contributed by atoms with Gasteiger partial charge in [0.1, 0.15) is 0 Å². The molecule has 0 aliphatic carbocycles. The fourth-order valence-electron chi connectivity index (χ4n) is 0.575. The van der Waals surface area contributed by atoms with E-state index >= 15 is 0 Å². The van der Waals surface area contributed by atoms with E-state index in [1.807, 2.05) is 6.92 Å². The van der Waals surface area contributed by atoms with Gasteiger partial charge in [0, 0.05) is 11.9 Å². The Morgan fingerprint density at radius 3 is 2.64 bits per heavy atom. The van der Waals surface area contributed by atoms with Gasteiger partial charge in [0.05, 0.1) is 6.34 Å². The Balaban J connectivity index is 3.94. The first-order valence-electron chi connectivity index (χ1n) is 3.77. The molecule has 0 aromatic rings. The second-order valence-electron chi connectivity index (χ2n) is 2.36. The van der Waals surface area contributed by atoms with Gasteiger partial charge in [-0.25, -0.2) is 4.99 Å². The zero-order valence-corrected chi connectivity index (χ0v) is 7.52. The summed E-state index contributed by atoms with van der Waals surface area (Å²) >= 11 is 0. The lowest BCUT2D eigenvalue weighted by Gasteiger charge is -2.03. The van der Waals surface area contributed by atoms with Crippen LogP contribution in [-0.4, -0.2) is 6.34 Å². The van der Waals surface area contributed by atoms with Crippen LogP contribution in [0.2, 0.25) is 0 Å². The molecule has 1 N–H and O–H groups in total. The van der Waals surface area contributed by atoms with Crippen molar-refractivity contribution in [3.8, 4) is 0 Å². The molecule has 0 radical (unpaired) electrons. The van der Waals surface area contributed by atoms with Gasteiger partial charge in [-0.3, -0.25) is 0 Å². The molecule has 0 bridgehead atoms. The number of allylic oxidation sites excluding steroid dienone is 2. The van der Waals surface area contributed by atoms with Crippen LogP contribution in [0, 0.1) is 0 Å². The van der Waals surface area contributed by atoms with Gasteiger partial charge in [0.25, 0.3) is 0 Å². The van der Waals surface area contributed by atoms with Crippen LogP contribution < -0.4 is 5.32 Å². The number of rotatable bonds is 4. The highest BCUT2D eigenvalue weighted by Gasteiger charge is 1.89. The Labute approximate surface area is 68.7 Å². The highest BCUT2D eigenvalue weighted by Crippen LogP contribution is 2.02. The minimum Gasteiger partial charge on any atom is -0.350 e. The third-order valence-electron chi connectivity index (χ3n) is 1.63. The second-order valence-corrected chi connectivity index (χ2v) is 2.36. The topological polar surface area (TPSA) is 24.4 Å². The lowest BCUT2D eigenvalue weighted by molar-refractivity contribution is 0.995. The summed E-state index contributed by atoms with van der Waals surface area (Å²) in [4.78, 5) is 3.82. The van der Waals surface area contributed by atoms with Gasteiger partial charge in [-0.05, 0) is 20.3 Å². The van der Waals surface area contributed by atoms with Crippen LogP contribution in [0.25, 0.3) is 0 Å². The molecule has 0 saturated heterocycles. The Morgan fingerprint density at radius 1 is 1.55 bits per heavy atom. The summed E-state index contributed by atoms with van der Waals surface area (Å²) < 4.78 is 0. The van der Waals surface area contributed by atoms with Crippen molar-refractivity contribution in [1.29, 1.82) is 0 Å². The number of aliphatic imine (C=N–C) groups is 1. The molecule has 0 amide bonds. The van der Waals surface area contributed by atoms with Crippen molar-refractivity contribution >= 4 is 6.34 Å². The van der Waals surface area contributed by atoms with Crippen LogP contribution in [0.3, 0.4) is 0 Å². The molecule has 0 unspecified atom stereocenters. The standard InChI is InChI=1S/C9H16N2/c1-5-8(3)9(4)11-7-10-6-2/h6-7H,2,5H2,1,3-4H3,(H,10,11). The predicted molar refractivity (Wildman–Crippen MR) is 50.5 cm³/mol. The summed E-state index contributed by atoms with van der Waals surface area (Å²) in [5.41, 5.74) is 2.51. The third kappa shape index (κ3) is 4.37. The average Bonchev–Trinajstić information content (AvgIpc) is 2.03. The fraction of sp³-hybridized carbons (Fsp3) is 0.444. The van der Waals surface area contributed by atoms with Crippen molar-refractivity contribution in [3.63, 3.8) is 0 Å². The Morgan fingerprint density at radius 2 is 2.18 bits per heavy atom. The molecular weight excluding hydrogens is 136 g/mol.